The summed E-state index contributed by atoms with van der Waals surface area (Å²) in [6, 6.07) is 10.8. The van der Waals surface area contributed by atoms with E-state index in [2.05, 4.69) is 15.5 Å². The highest BCUT2D eigenvalue weighted by Gasteiger charge is 2.28. The zero-order valence-corrected chi connectivity index (χ0v) is 17.2. The number of carbonyl (C=O) groups is 1. The molecule has 1 fully saturated rings. The molecular weight excluding hydrogens is 412 g/mol. The molecule has 0 saturated carbocycles. The van der Waals surface area contributed by atoms with Crippen molar-refractivity contribution in [2.75, 3.05) is 21.9 Å². The quantitative estimate of drug-likeness (QED) is 0.614. The summed E-state index contributed by atoms with van der Waals surface area (Å²) in [5.41, 5.74) is 1.15. The van der Waals surface area contributed by atoms with Crippen LogP contribution in [0.15, 0.2) is 46.3 Å². The first-order chi connectivity index (χ1) is 14.0. The van der Waals surface area contributed by atoms with E-state index in [0.717, 1.165) is 4.88 Å². The number of aryl methyl sites for hydroxylation is 1. The Bertz CT molecular complexity index is 1090. The molecule has 0 aliphatic carbocycles. The lowest BCUT2D eigenvalue weighted by Gasteiger charge is -2.17. The summed E-state index contributed by atoms with van der Waals surface area (Å²) >= 11 is 1.54. The van der Waals surface area contributed by atoms with Gasteiger partial charge in [-0.1, -0.05) is 17.3 Å². The molecule has 1 aliphatic rings. The highest BCUT2D eigenvalue weighted by molar-refractivity contribution is 7.93. The van der Waals surface area contributed by atoms with Gasteiger partial charge in [-0.25, -0.2) is 8.42 Å². The van der Waals surface area contributed by atoms with Crippen LogP contribution in [0, 0.1) is 0 Å². The summed E-state index contributed by atoms with van der Waals surface area (Å²) in [5, 5.41) is 8.72. The normalized spacial score (nSPS) is 15.5. The average molecular weight is 433 g/mol. The topological polar surface area (TPSA) is 105 Å². The lowest BCUT2D eigenvalue weighted by atomic mass is 10.2. The molecule has 10 heteroatoms. The van der Waals surface area contributed by atoms with Gasteiger partial charge in [-0.2, -0.15) is 4.98 Å². The first-order valence-electron chi connectivity index (χ1n) is 9.28. The van der Waals surface area contributed by atoms with Gasteiger partial charge in [0.05, 0.1) is 16.3 Å². The van der Waals surface area contributed by atoms with E-state index in [1.165, 1.54) is 15.6 Å². The zero-order chi connectivity index (χ0) is 20.3. The molecule has 0 radical (unpaired) electrons. The first kappa shape index (κ1) is 19.6. The summed E-state index contributed by atoms with van der Waals surface area (Å²) < 4.78 is 30.8. The number of nitrogens with one attached hydrogen (secondary N) is 1. The van der Waals surface area contributed by atoms with E-state index < -0.39 is 10.0 Å². The van der Waals surface area contributed by atoms with Crippen molar-refractivity contribution in [2.24, 2.45) is 0 Å². The second-order valence-electron chi connectivity index (χ2n) is 6.68. The van der Waals surface area contributed by atoms with Gasteiger partial charge in [0, 0.05) is 25.1 Å². The maximum atomic E-state index is 12.2. The molecule has 8 nitrogen and oxygen atoms in total. The maximum Gasteiger partial charge on any atom is 0.235 e. The van der Waals surface area contributed by atoms with Gasteiger partial charge in [0.1, 0.15) is 0 Å². The van der Waals surface area contributed by atoms with Gasteiger partial charge in [0.15, 0.2) is 0 Å². The van der Waals surface area contributed by atoms with E-state index in [4.69, 9.17) is 4.52 Å². The minimum atomic E-state index is -3.25. The maximum absolute atomic E-state index is 12.2. The molecule has 0 bridgehead atoms. The lowest BCUT2D eigenvalue weighted by molar-refractivity contribution is -0.116. The van der Waals surface area contributed by atoms with Crippen molar-refractivity contribution in [3.8, 4) is 10.7 Å². The van der Waals surface area contributed by atoms with Crippen LogP contribution in [0.5, 0.6) is 0 Å². The third-order valence-corrected chi connectivity index (χ3v) is 7.26. The van der Waals surface area contributed by atoms with Crippen LogP contribution in [-0.2, 0) is 21.2 Å². The fraction of sp³-hybridized carbons (Fsp3) is 0.316. The monoisotopic (exact) mass is 432 g/mol. The number of hydrogen-bond acceptors (Lipinski definition) is 7. The summed E-state index contributed by atoms with van der Waals surface area (Å²) in [4.78, 5) is 17.5. The van der Waals surface area contributed by atoms with E-state index >= 15 is 0 Å². The van der Waals surface area contributed by atoms with Gasteiger partial charge in [-0.05, 0) is 42.5 Å². The SMILES string of the molecule is O=C(CCCc1nc(-c2cccs2)no1)Nc1cccc(N2CCCS2(=O)=O)c1. The molecule has 3 heterocycles. The number of sulfonamides is 1. The molecular formula is C19H20N4O4S2. The molecule has 0 spiro atoms. The molecule has 4 rings (SSSR count). The third-order valence-electron chi connectivity index (χ3n) is 4.52. The summed E-state index contributed by atoms with van der Waals surface area (Å²) in [6.45, 7) is 0.470. The molecule has 1 saturated heterocycles. The Morgan fingerprint density at radius 3 is 2.93 bits per heavy atom. The van der Waals surface area contributed by atoms with Crippen LogP contribution in [-0.4, -0.2) is 36.8 Å². The van der Waals surface area contributed by atoms with E-state index in [1.54, 1.807) is 24.3 Å². The largest absolute Gasteiger partial charge is 0.339 e. The standard InChI is InChI=1S/C19H20N4O4S2/c24-17(8-2-9-18-21-19(22-27-18)16-7-3-11-28-16)20-14-5-1-6-15(13-14)23-10-4-12-29(23,25)26/h1,3,5-7,11,13H,2,4,8-10,12H2,(H,20,24). The Balaban J connectivity index is 1.30. The van der Waals surface area contributed by atoms with Crippen molar-refractivity contribution in [2.45, 2.75) is 25.7 Å². The number of benzene rings is 1. The van der Waals surface area contributed by atoms with E-state index in [-0.39, 0.29) is 11.7 Å². The van der Waals surface area contributed by atoms with Gasteiger partial charge < -0.3 is 9.84 Å². The Morgan fingerprint density at radius 1 is 1.28 bits per heavy atom. The highest BCUT2D eigenvalue weighted by Crippen LogP contribution is 2.26. The molecule has 0 unspecified atom stereocenters. The molecule has 3 aromatic rings. The number of thiophene rings is 1. The van der Waals surface area contributed by atoms with Crippen LogP contribution in [0.2, 0.25) is 0 Å². The number of aromatic nitrogens is 2. The smallest absolute Gasteiger partial charge is 0.235 e. The number of rotatable bonds is 7. The van der Waals surface area contributed by atoms with Gasteiger partial charge in [-0.3, -0.25) is 9.10 Å². The number of carbonyl (C=O) groups excluding carboxylic acids is 1. The van der Waals surface area contributed by atoms with Crippen molar-refractivity contribution < 1.29 is 17.7 Å². The molecule has 152 valence electrons. The number of amides is 1. The third kappa shape index (κ3) is 4.65. The molecule has 29 heavy (non-hydrogen) atoms. The average Bonchev–Trinajstić information content (AvgIpc) is 3.42. The van der Waals surface area contributed by atoms with Crippen LogP contribution in [0.25, 0.3) is 10.7 Å². The van der Waals surface area contributed by atoms with Crippen molar-refractivity contribution in [1.82, 2.24) is 10.1 Å². The van der Waals surface area contributed by atoms with E-state index in [9.17, 15) is 13.2 Å². The number of anilines is 2. The molecule has 1 aromatic carbocycles. The Morgan fingerprint density at radius 2 is 2.17 bits per heavy atom. The minimum Gasteiger partial charge on any atom is -0.339 e. The van der Waals surface area contributed by atoms with Crippen LogP contribution in [0.3, 0.4) is 0 Å². The van der Waals surface area contributed by atoms with Crippen molar-refractivity contribution in [1.29, 1.82) is 0 Å². The number of nitrogens with zero attached hydrogens (tertiary/aromatic N) is 3. The second-order valence-corrected chi connectivity index (χ2v) is 9.64. The van der Waals surface area contributed by atoms with Crippen molar-refractivity contribution in [3.05, 3.63) is 47.7 Å². The lowest BCUT2D eigenvalue weighted by Crippen LogP contribution is -2.25. The first-order valence-corrected chi connectivity index (χ1v) is 11.8. The van der Waals surface area contributed by atoms with Crippen LogP contribution >= 0.6 is 11.3 Å². The highest BCUT2D eigenvalue weighted by atomic mass is 32.2. The Labute approximate surface area is 172 Å². The predicted octanol–water partition coefficient (Wildman–Crippen LogP) is 3.30. The number of hydrogen-bond donors (Lipinski definition) is 1. The fourth-order valence-corrected chi connectivity index (χ4v) is 5.36. The van der Waals surface area contributed by atoms with Crippen LogP contribution in [0.1, 0.15) is 25.2 Å². The summed E-state index contributed by atoms with van der Waals surface area (Å²) in [5.74, 6) is 1.08. The molecule has 0 atom stereocenters. The second kappa shape index (κ2) is 8.34. The zero-order valence-electron chi connectivity index (χ0n) is 15.6. The summed E-state index contributed by atoms with van der Waals surface area (Å²) in [7, 11) is -3.25. The van der Waals surface area contributed by atoms with Gasteiger partial charge >= 0.3 is 0 Å². The van der Waals surface area contributed by atoms with Crippen molar-refractivity contribution >= 4 is 38.6 Å². The summed E-state index contributed by atoms with van der Waals surface area (Å²) in [6.07, 6.45) is 1.99. The predicted molar refractivity (Wildman–Crippen MR) is 111 cm³/mol. The Kier molecular flexibility index (Phi) is 5.63. The fourth-order valence-electron chi connectivity index (χ4n) is 3.15. The van der Waals surface area contributed by atoms with Crippen LogP contribution < -0.4 is 9.62 Å². The van der Waals surface area contributed by atoms with Gasteiger partial charge in [0.2, 0.25) is 27.6 Å². The van der Waals surface area contributed by atoms with E-state index in [1.807, 2.05) is 17.5 Å². The molecule has 1 aliphatic heterocycles. The van der Waals surface area contributed by atoms with Gasteiger partial charge in [-0.15, -0.1) is 11.3 Å². The van der Waals surface area contributed by atoms with Gasteiger partial charge in [0.25, 0.3) is 0 Å². The molecule has 2 aromatic heterocycles. The van der Waals surface area contributed by atoms with Crippen molar-refractivity contribution in [3.63, 3.8) is 0 Å². The molecule has 1 amide bonds. The Hall–Kier alpha value is -2.72. The molecule has 1 N–H and O–H groups in total. The van der Waals surface area contributed by atoms with E-state index in [0.29, 0.717) is 55.3 Å². The van der Waals surface area contributed by atoms with Crippen LogP contribution in [0.4, 0.5) is 11.4 Å². The minimum absolute atomic E-state index is 0.149.